The first-order valence-electron chi connectivity index (χ1n) is 11.1. The molecule has 11 heteroatoms. The molecule has 1 amide bonds. The van der Waals surface area contributed by atoms with Crippen LogP contribution in [0.25, 0.3) is 10.8 Å². The number of anilines is 1. The SMILES string of the molecule is CNCc1cc(N=Nc2c(S(=O)(=O)O)cc3cccc(NC(=O)c4ccccc4)c3c2O)ccc1OC. The van der Waals surface area contributed by atoms with Crippen LogP contribution in [0.3, 0.4) is 0 Å². The molecular formula is C26H24N4O6S. The Morgan fingerprint density at radius 3 is 2.43 bits per heavy atom. The van der Waals surface area contributed by atoms with E-state index in [0.29, 0.717) is 23.5 Å². The molecule has 0 atom stereocenters. The van der Waals surface area contributed by atoms with Crippen molar-refractivity contribution in [1.82, 2.24) is 5.32 Å². The summed E-state index contributed by atoms with van der Waals surface area (Å²) >= 11 is 0. The van der Waals surface area contributed by atoms with Crippen LogP contribution in [0.1, 0.15) is 15.9 Å². The van der Waals surface area contributed by atoms with Gasteiger partial charge in [0.25, 0.3) is 16.0 Å². The third-order valence-corrected chi connectivity index (χ3v) is 6.40. The summed E-state index contributed by atoms with van der Waals surface area (Å²) in [4.78, 5) is 12.1. The van der Waals surface area contributed by atoms with E-state index in [1.807, 2.05) is 0 Å². The van der Waals surface area contributed by atoms with Gasteiger partial charge in [-0.15, -0.1) is 5.11 Å². The maximum absolute atomic E-state index is 12.7. The van der Waals surface area contributed by atoms with Gasteiger partial charge in [0, 0.05) is 23.1 Å². The van der Waals surface area contributed by atoms with Crippen molar-refractivity contribution in [3.05, 3.63) is 83.9 Å². The second-order valence-electron chi connectivity index (χ2n) is 8.00. The Kier molecular flexibility index (Phi) is 7.48. The predicted molar refractivity (Wildman–Crippen MR) is 140 cm³/mol. The van der Waals surface area contributed by atoms with Crippen LogP contribution in [0, 0.1) is 0 Å². The van der Waals surface area contributed by atoms with Crippen LogP contribution in [0.2, 0.25) is 0 Å². The van der Waals surface area contributed by atoms with Gasteiger partial charge in [0.15, 0.2) is 5.75 Å². The number of methoxy groups -OCH3 is 1. The highest BCUT2D eigenvalue weighted by molar-refractivity contribution is 7.86. The number of fused-ring (bicyclic) bond motifs is 1. The van der Waals surface area contributed by atoms with Crippen molar-refractivity contribution in [3.63, 3.8) is 0 Å². The first kappa shape index (κ1) is 25.8. The maximum atomic E-state index is 12.7. The minimum Gasteiger partial charge on any atom is -0.505 e. The van der Waals surface area contributed by atoms with E-state index in [1.54, 1.807) is 67.7 Å². The van der Waals surface area contributed by atoms with Gasteiger partial charge in [0.05, 0.1) is 18.5 Å². The summed E-state index contributed by atoms with van der Waals surface area (Å²) in [5.74, 6) is -0.370. The van der Waals surface area contributed by atoms with Crippen LogP contribution < -0.4 is 15.4 Å². The first-order chi connectivity index (χ1) is 17.7. The quantitative estimate of drug-likeness (QED) is 0.184. The van der Waals surface area contributed by atoms with Gasteiger partial charge >= 0.3 is 0 Å². The van der Waals surface area contributed by atoms with Gasteiger partial charge in [-0.3, -0.25) is 9.35 Å². The Morgan fingerprint density at radius 1 is 1.00 bits per heavy atom. The number of phenolic OH excluding ortho intramolecular Hbond substituents is 1. The molecule has 0 saturated heterocycles. The van der Waals surface area contributed by atoms with Crippen LogP contribution in [-0.2, 0) is 16.7 Å². The molecule has 0 unspecified atom stereocenters. The fraction of sp³-hybridized carbons (Fsp3) is 0.115. The summed E-state index contributed by atoms with van der Waals surface area (Å²) in [5, 5.41) is 25.4. The fourth-order valence-electron chi connectivity index (χ4n) is 3.84. The molecule has 0 heterocycles. The zero-order valence-corrected chi connectivity index (χ0v) is 20.8. The summed E-state index contributed by atoms with van der Waals surface area (Å²) in [5.41, 5.74) is 1.29. The summed E-state index contributed by atoms with van der Waals surface area (Å²) in [6.07, 6.45) is 0. The highest BCUT2D eigenvalue weighted by Gasteiger charge is 2.24. The molecule has 4 rings (SSSR count). The fourth-order valence-corrected chi connectivity index (χ4v) is 4.50. The summed E-state index contributed by atoms with van der Waals surface area (Å²) in [6.45, 7) is 0.481. The highest BCUT2D eigenvalue weighted by Crippen LogP contribution is 2.44. The van der Waals surface area contributed by atoms with Gasteiger partial charge in [0.2, 0.25) is 0 Å². The lowest BCUT2D eigenvalue weighted by atomic mass is 10.1. The molecule has 0 aliphatic heterocycles. The molecular weight excluding hydrogens is 496 g/mol. The van der Waals surface area contributed by atoms with E-state index < -0.39 is 32.4 Å². The normalized spacial score (nSPS) is 11.6. The number of azo groups is 1. The average Bonchev–Trinajstić information content (AvgIpc) is 2.88. The molecule has 10 nitrogen and oxygen atoms in total. The van der Waals surface area contributed by atoms with Gasteiger partial charge in [-0.25, -0.2) is 0 Å². The van der Waals surface area contributed by atoms with E-state index >= 15 is 0 Å². The zero-order valence-electron chi connectivity index (χ0n) is 20.0. The number of benzene rings is 4. The molecule has 4 aromatic carbocycles. The maximum Gasteiger partial charge on any atom is 0.296 e. The van der Waals surface area contributed by atoms with Crippen LogP contribution in [0.5, 0.6) is 11.5 Å². The Hall–Kier alpha value is -4.32. The summed E-state index contributed by atoms with van der Waals surface area (Å²) in [7, 11) is -1.48. The van der Waals surface area contributed by atoms with Crippen molar-refractivity contribution in [2.75, 3.05) is 19.5 Å². The lowest BCUT2D eigenvalue weighted by Crippen LogP contribution is -2.12. The number of amides is 1. The van der Waals surface area contributed by atoms with E-state index in [-0.39, 0.29) is 16.5 Å². The van der Waals surface area contributed by atoms with E-state index in [1.165, 1.54) is 13.2 Å². The Labute approximate surface area is 213 Å². The lowest BCUT2D eigenvalue weighted by molar-refractivity contribution is 0.102. The second kappa shape index (κ2) is 10.7. The van der Waals surface area contributed by atoms with Crippen molar-refractivity contribution >= 4 is 43.9 Å². The smallest absolute Gasteiger partial charge is 0.296 e. The van der Waals surface area contributed by atoms with Crippen molar-refractivity contribution in [2.24, 2.45) is 10.2 Å². The van der Waals surface area contributed by atoms with Crippen LogP contribution in [0.4, 0.5) is 17.1 Å². The highest BCUT2D eigenvalue weighted by atomic mass is 32.2. The number of ether oxygens (including phenoxy) is 1. The third-order valence-electron chi connectivity index (χ3n) is 5.54. The van der Waals surface area contributed by atoms with Gasteiger partial charge in [-0.1, -0.05) is 30.3 Å². The van der Waals surface area contributed by atoms with Crippen LogP contribution >= 0.6 is 0 Å². The molecule has 0 aliphatic carbocycles. The monoisotopic (exact) mass is 520 g/mol. The molecule has 0 radical (unpaired) electrons. The number of nitrogens with zero attached hydrogens (tertiary/aromatic N) is 2. The van der Waals surface area contributed by atoms with Gasteiger partial charge < -0.3 is 20.5 Å². The van der Waals surface area contributed by atoms with Gasteiger partial charge in [-0.2, -0.15) is 13.5 Å². The Balaban J connectivity index is 1.84. The first-order valence-corrected chi connectivity index (χ1v) is 12.5. The number of nitrogens with one attached hydrogen (secondary N) is 2. The molecule has 0 aliphatic rings. The van der Waals surface area contributed by atoms with E-state index in [2.05, 4.69) is 20.9 Å². The average molecular weight is 521 g/mol. The summed E-state index contributed by atoms with van der Waals surface area (Å²) < 4.78 is 39.5. The second-order valence-corrected chi connectivity index (χ2v) is 9.39. The summed E-state index contributed by atoms with van der Waals surface area (Å²) in [6, 6.07) is 19.3. The standard InChI is InChI=1S/C26H24N4O6S/c1-27-15-18-13-19(11-12-21(18)36-2)29-30-24-22(37(33,34)35)14-17-9-6-10-20(23(17)25(24)31)28-26(32)16-7-4-3-5-8-16/h3-14,27,31H,15H2,1-2H3,(H,28,32)(H,33,34,35). The molecule has 0 spiro atoms. The Morgan fingerprint density at radius 2 is 1.76 bits per heavy atom. The molecule has 37 heavy (non-hydrogen) atoms. The number of carbonyl (C=O) groups excluding carboxylic acids is 1. The molecule has 0 fully saturated rings. The van der Waals surface area contributed by atoms with Crippen molar-refractivity contribution in [1.29, 1.82) is 0 Å². The number of carbonyl (C=O) groups is 1. The largest absolute Gasteiger partial charge is 0.505 e. The molecule has 0 saturated carbocycles. The minimum absolute atomic E-state index is 0.138. The van der Waals surface area contributed by atoms with Crippen LogP contribution in [0.15, 0.2) is 87.9 Å². The van der Waals surface area contributed by atoms with Crippen molar-refractivity contribution in [2.45, 2.75) is 11.4 Å². The predicted octanol–water partition coefficient (Wildman–Crippen LogP) is 5.19. The Bertz CT molecular complexity index is 1600. The van der Waals surface area contributed by atoms with Gasteiger partial charge in [-0.05, 0) is 54.9 Å². The van der Waals surface area contributed by atoms with E-state index in [4.69, 9.17) is 4.74 Å². The third kappa shape index (κ3) is 5.59. The van der Waals surface area contributed by atoms with Crippen LogP contribution in [-0.4, -0.2) is 38.1 Å². The number of phenols is 1. The molecule has 4 aromatic rings. The minimum atomic E-state index is -4.79. The number of aromatic hydroxyl groups is 1. The van der Waals surface area contributed by atoms with Crippen molar-refractivity contribution in [3.8, 4) is 11.5 Å². The molecule has 190 valence electrons. The topological polar surface area (TPSA) is 150 Å². The zero-order chi connectivity index (χ0) is 26.6. The number of hydrogen-bond acceptors (Lipinski definition) is 8. The van der Waals surface area contributed by atoms with Gasteiger partial charge in [0.1, 0.15) is 16.3 Å². The molecule has 0 bridgehead atoms. The molecule has 0 aromatic heterocycles. The lowest BCUT2D eigenvalue weighted by Gasteiger charge is -2.13. The van der Waals surface area contributed by atoms with Crippen molar-refractivity contribution < 1.29 is 27.6 Å². The van der Waals surface area contributed by atoms with E-state index in [0.717, 1.165) is 11.6 Å². The molecule has 4 N–H and O–H groups in total. The number of rotatable bonds is 8. The number of hydrogen-bond donors (Lipinski definition) is 4. The van der Waals surface area contributed by atoms with E-state index in [9.17, 15) is 22.9 Å².